The van der Waals surface area contributed by atoms with Crippen molar-refractivity contribution < 1.29 is 18.7 Å². The van der Waals surface area contributed by atoms with E-state index in [1.165, 1.54) is 0 Å². The van der Waals surface area contributed by atoms with E-state index < -0.39 is 5.60 Å². The third kappa shape index (κ3) is 7.23. The van der Waals surface area contributed by atoms with Crippen molar-refractivity contribution in [3.8, 4) is 0 Å². The summed E-state index contributed by atoms with van der Waals surface area (Å²) in [5.41, 5.74) is -0.392. The summed E-state index contributed by atoms with van der Waals surface area (Å²) in [5, 5.41) is 3.31. The van der Waals surface area contributed by atoms with Crippen LogP contribution in [0, 0.1) is 5.92 Å². The van der Waals surface area contributed by atoms with Crippen molar-refractivity contribution in [2.45, 2.75) is 90.8 Å². The lowest BCUT2D eigenvalue weighted by Crippen LogP contribution is -2.53. The molecule has 1 aliphatic heterocycles. The SMILES string of the molecule is CC(C)(C)OC(=O)N1CCCC(N(CC2CC2)C(=O)c2cnc(C(C)(C)C)nc2NCc2ccco2)C1. The average Bonchev–Trinajstić information content (AvgIpc) is 3.50. The van der Waals surface area contributed by atoms with Gasteiger partial charge >= 0.3 is 6.09 Å². The van der Waals surface area contributed by atoms with E-state index in [1.54, 1.807) is 17.4 Å². The minimum atomic E-state index is -0.561. The minimum Gasteiger partial charge on any atom is -0.467 e. The number of amides is 2. The van der Waals surface area contributed by atoms with Gasteiger partial charge in [0, 0.05) is 37.3 Å². The smallest absolute Gasteiger partial charge is 0.410 e. The molecule has 2 aromatic rings. The van der Waals surface area contributed by atoms with E-state index >= 15 is 0 Å². The van der Waals surface area contributed by atoms with E-state index in [0.29, 0.717) is 49.3 Å². The molecule has 1 N–H and O–H groups in total. The lowest BCUT2D eigenvalue weighted by Gasteiger charge is -2.40. The zero-order valence-corrected chi connectivity index (χ0v) is 23.0. The van der Waals surface area contributed by atoms with Gasteiger partial charge < -0.3 is 24.3 Å². The topological polar surface area (TPSA) is 101 Å². The third-order valence-electron chi connectivity index (χ3n) is 6.60. The first kappa shape index (κ1) is 26.9. The summed E-state index contributed by atoms with van der Waals surface area (Å²) >= 11 is 0. The number of carbonyl (C=O) groups excluding carboxylic acids is 2. The molecule has 9 heteroatoms. The number of hydrogen-bond donors (Lipinski definition) is 1. The van der Waals surface area contributed by atoms with Crippen molar-refractivity contribution in [3.05, 3.63) is 41.7 Å². The number of nitrogens with zero attached hydrogens (tertiary/aromatic N) is 4. The maximum atomic E-state index is 14.1. The molecule has 1 unspecified atom stereocenters. The fraction of sp³-hybridized carbons (Fsp3) is 0.643. The molecular weight excluding hydrogens is 470 g/mol. The molecule has 0 radical (unpaired) electrons. The first-order chi connectivity index (χ1) is 17.4. The van der Waals surface area contributed by atoms with E-state index in [1.807, 2.05) is 58.6 Å². The molecule has 37 heavy (non-hydrogen) atoms. The molecule has 202 valence electrons. The van der Waals surface area contributed by atoms with Gasteiger partial charge in [-0.3, -0.25) is 4.79 Å². The Balaban J connectivity index is 1.59. The summed E-state index contributed by atoms with van der Waals surface area (Å²) in [4.78, 5) is 39.9. The van der Waals surface area contributed by atoms with Crippen molar-refractivity contribution >= 4 is 17.8 Å². The van der Waals surface area contributed by atoms with Crippen LogP contribution in [0.5, 0.6) is 0 Å². The minimum absolute atomic E-state index is 0.0883. The van der Waals surface area contributed by atoms with Gasteiger partial charge in [-0.2, -0.15) is 0 Å². The highest BCUT2D eigenvalue weighted by Crippen LogP contribution is 2.33. The van der Waals surface area contributed by atoms with Crippen molar-refractivity contribution in [2.24, 2.45) is 5.92 Å². The van der Waals surface area contributed by atoms with Crippen LogP contribution >= 0.6 is 0 Å². The number of ether oxygens (including phenoxy) is 1. The van der Waals surface area contributed by atoms with Crippen LogP contribution in [0.3, 0.4) is 0 Å². The van der Waals surface area contributed by atoms with Crippen LogP contribution in [0.4, 0.5) is 10.6 Å². The largest absolute Gasteiger partial charge is 0.467 e. The Bertz CT molecular complexity index is 1080. The third-order valence-corrected chi connectivity index (χ3v) is 6.60. The monoisotopic (exact) mass is 511 g/mol. The molecule has 2 aromatic heterocycles. The highest BCUT2D eigenvalue weighted by Gasteiger charge is 2.37. The molecule has 4 rings (SSSR count). The van der Waals surface area contributed by atoms with Crippen LogP contribution in [0.1, 0.15) is 89.2 Å². The second-order valence-electron chi connectivity index (χ2n) is 12.3. The van der Waals surface area contributed by atoms with Gasteiger partial charge in [-0.25, -0.2) is 14.8 Å². The zero-order chi connectivity index (χ0) is 26.8. The van der Waals surface area contributed by atoms with Crippen LogP contribution in [-0.2, 0) is 16.7 Å². The quantitative estimate of drug-likeness (QED) is 0.543. The molecule has 0 aromatic carbocycles. The molecule has 1 saturated carbocycles. The average molecular weight is 512 g/mol. The van der Waals surface area contributed by atoms with E-state index in [0.717, 1.165) is 31.4 Å². The number of hydrogen-bond acceptors (Lipinski definition) is 7. The van der Waals surface area contributed by atoms with Crippen molar-refractivity contribution in [1.82, 2.24) is 19.8 Å². The molecule has 0 bridgehead atoms. The second-order valence-corrected chi connectivity index (χ2v) is 12.3. The molecule has 2 aliphatic rings. The number of furan rings is 1. The van der Waals surface area contributed by atoms with Gasteiger partial charge in [0.05, 0.1) is 12.8 Å². The Morgan fingerprint density at radius 2 is 1.95 bits per heavy atom. The van der Waals surface area contributed by atoms with Gasteiger partial charge in [-0.1, -0.05) is 20.8 Å². The van der Waals surface area contributed by atoms with E-state index in [2.05, 4.69) is 10.3 Å². The molecule has 1 saturated heterocycles. The Labute approximate surface area is 220 Å². The van der Waals surface area contributed by atoms with Crippen molar-refractivity contribution in [1.29, 1.82) is 0 Å². The Morgan fingerprint density at radius 3 is 2.57 bits per heavy atom. The number of rotatable bonds is 7. The van der Waals surface area contributed by atoms with Crippen LogP contribution in [0.15, 0.2) is 29.0 Å². The highest BCUT2D eigenvalue weighted by molar-refractivity contribution is 5.98. The molecule has 2 amide bonds. The van der Waals surface area contributed by atoms with E-state index in [9.17, 15) is 9.59 Å². The van der Waals surface area contributed by atoms with Crippen LogP contribution in [0.2, 0.25) is 0 Å². The molecule has 2 fully saturated rings. The molecule has 0 spiro atoms. The molecule has 1 atom stereocenters. The van der Waals surface area contributed by atoms with Gasteiger partial charge in [-0.15, -0.1) is 0 Å². The number of likely N-dealkylation sites (tertiary alicyclic amines) is 1. The standard InChI is InChI=1S/C28H41N5O4/c1-27(2,3)25-30-16-22(23(31-25)29-15-21-10-8-14-36-21)24(34)33(17-19-11-12-19)20-9-7-13-32(18-20)26(35)37-28(4,5)6/h8,10,14,16,19-20H,7,9,11-13,15,17-18H2,1-6H3,(H,29,30,31). The number of piperidine rings is 1. The summed E-state index contributed by atoms with van der Waals surface area (Å²) in [7, 11) is 0. The second kappa shape index (κ2) is 10.7. The van der Waals surface area contributed by atoms with E-state index in [-0.39, 0.29) is 23.5 Å². The summed E-state index contributed by atoms with van der Waals surface area (Å²) in [5.74, 6) is 2.31. The lowest BCUT2D eigenvalue weighted by molar-refractivity contribution is 0.00996. The van der Waals surface area contributed by atoms with E-state index in [4.69, 9.17) is 14.1 Å². The molecule has 9 nitrogen and oxygen atoms in total. The normalized spacial score (nSPS) is 18.4. The number of aromatic nitrogens is 2. The van der Waals surface area contributed by atoms with Crippen LogP contribution in [-0.4, -0.2) is 63.0 Å². The number of carbonyl (C=O) groups is 2. The Kier molecular flexibility index (Phi) is 7.80. The van der Waals surface area contributed by atoms with Gasteiger partial charge in [-0.05, 0) is 64.5 Å². The summed E-state index contributed by atoms with van der Waals surface area (Å²) < 4.78 is 11.1. The van der Waals surface area contributed by atoms with Crippen molar-refractivity contribution in [3.63, 3.8) is 0 Å². The van der Waals surface area contributed by atoms with Gasteiger partial charge in [0.1, 0.15) is 28.6 Å². The van der Waals surface area contributed by atoms with Gasteiger partial charge in [0.2, 0.25) is 0 Å². The van der Waals surface area contributed by atoms with Crippen LogP contribution in [0.25, 0.3) is 0 Å². The Morgan fingerprint density at radius 1 is 1.19 bits per heavy atom. The molecule has 3 heterocycles. The predicted molar refractivity (Wildman–Crippen MR) is 141 cm³/mol. The summed E-state index contributed by atoms with van der Waals surface area (Å²) in [6.45, 7) is 13.9. The summed E-state index contributed by atoms with van der Waals surface area (Å²) in [6, 6.07) is 3.63. The Hall–Kier alpha value is -3.10. The van der Waals surface area contributed by atoms with Gasteiger partial charge in [0.15, 0.2) is 0 Å². The first-order valence-electron chi connectivity index (χ1n) is 13.3. The molecular formula is C28H41N5O4. The zero-order valence-electron chi connectivity index (χ0n) is 23.0. The first-order valence-corrected chi connectivity index (χ1v) is 13.3. The summed E-state index contributed by atoms with van der Waals surface area (Å²) in [6.07, 6.45) is 6.85. The predicted octanol–water partition coefficient (Wildman–Crippen LogP) is 5.23. The number of anilines is 1. The molecule has 1 aliphatic carbocycles. The maximum absolute atomic E-state index is 14.1. The fourth-order valence-electron chi connectivity index (χ4n) is 4.45. The highest BCUT2D eigenvalue weighted by atomic mass is 16.6. The lowest BCUT2D eigenvalue weighted by atomic mass is 9.95. The number of nitrogens with one attached hydrogen (secondary N) is 1. The fourth-order valence-corrected chi connectivity index (χ4v) is 4.45. The maximum Gasteiger partial charge on any atom is 0.410 e. The van der Waals surface area contributed by atoms with Crippen molar-refractivity contribution in [2.75, 3.05) is 25.0 Å². The van der Waals surface area contributed by atoms with Crippen LogP contribution < -0.4 is 5.32 Å². The van der Waals surface area contributed by atoms with Gasteiger partial charge in [0.25, 0.3) is 5.91 Å².